The summed E-state index contributed by atoms with van der Waals surface area (Å²) in [4.78, 5) is 24.4. The van der Waals surface area contributed by atoms with E-state index in [1.54, 1.807) is 0 Å². The van der Waals surface area contributed by atoms with E-state index in [0.29, 0.717) is 18.7 Å². The molecule has 8 heteroatoms. The van der Waals surface area contributed by atoms with Crippen LogP contribution in [0.15, 0.2) is 48.5 Å². The van der Waals surface area contributed by atoms with Crippen LogP contribution in [-0.4, -0.2) is 30.6 Å². The van der Waals surface area contributed by atoms with Crippen molar-refractivity contribution in [2.24, 2.45) is 5.73 Å². The van der Waals surface area contributed by atoms with E-state index < -0.39 is 11.9 Å². The molecule has 0 aromatic heterocycles. The van der Waals surface area contributed by atoms with Crippen LogP contribution in [0.25, 0.3) is 0 Å². The molecule has 1 heterocycles. The molecule has 0 bridgehead atoms. The Hall–Kier alpha value is -2.48. The molecule has 2 aromatic carbocycles. The van der Waals surface area contributed by atoms with Crippen molar-refractivity contribution in [3.8, 4) is 0 Å². The van der Waals surface area contributed by atoms with Crippen molar-refractivity contribution in [3.05, 3.63) is 59.9 Å². The zero-order valence-corrected chi connectivity index (χ0v) is 16.0. The van der Waals surface area contributed by atoms with Crippen LogP contribution in [0.4, 0.5) is 15.8 Å². The fourth-order valence-electron chi connectivity index (χ4n) is 2.97. The normalized spacial score (nSPS) is 18.2. The van der Waals surface area contributed by atoms with Crippen LogP contribution in [0.1, 0.15) is 18.4 Å². The van der Waals surface area contributed by atoms with Gasteiger partial charge < -0.3 is 21.1 Å². The molecule has 2 amide bonds. The van der Waals surface area contributed by atoms with Crippen LogP contribution in [-0.2, 0) is 20.7 Å². The molecule has 0 unspecified atom stereocenters. The van der Waals surface area contributed by atoms with Gasteiger partial charge in [0.2, 0.25) is 5.91 Å². The Morgan fingerprint density at radius 1 is 1.11 bits per heavy atom. The molecular formula is C20H23ClFN3O3. The van der Waals surface area contributed by atoms with Crippen LogP contribution in [0.3, 0.4) is 0 Å². The van der Waals surface area contributed by atoms with Crippen molar-refractivity contribution in [2.75, 3.05) is 17.2 Å². The second-order valence-corrected chi connectivity index (χ2v) is 6.45. The molecule has 2 atom stereocenters. The highest BCUT2D eigenvalue weighted by Crippen LogP contribution is 2.23. The Morgan fingerprint density at radius 3 is 2.54 bits per heavy atom. The number of hydrogen-bond acceptors (Lipinski definition) is 4. The second-order valence-electron chi connectivity index (χ2n) is 6.45. The smallest absolute Gasteiger partial charge is 0.253 e. The Labute approximate surface area is 169 Å². The van der Waals surface area contributed by atoms with Gasteiger partial charge in [0.1, 0.15) is 11.9 Å². The Balaban J connectivity index is 0.00000280. The molecule has 0 spiro atoms. The molecule has 1 fully saturated rings. The summed E-state index contributed by atoms with van der Waals surface area (Å²) >= 11 is 0. The number of nitrogens with two attached hydrogens (primary N) is 1. The zero-order chi connectivity index (χ0) is 19.2. The SMILES string of the molecule is Cl.NC[C@H]1CC[C@@H](C(=O)Nc2ccc(F)c(NC(=O)Cc3ccccc3)c2)O1. The van der Waals surface area contributed by atoms with Gasteiger partial charge in [-0.05, 0) is 36.6 Å². The van der Waals surface area contributed by atoms with Crippen molar-refractivity contribution in [1.29, 1.82) is 0 Å². The van der Waals surface area contributed by atoms with Crippen molar-refractivity contribution < 1.29 is 18.7 Å². The van der Waals surface area contributed by atoms with E-state index in [2.05, 4.69) is 10.6 Å². The Morgan fingerprint density at radius 2 is 1.86 bits per heavy atom. The predicted octanol–water partition coefficient (Wildman–Crippen LogP) is 2.87. The lowest BCUT2D eigenvalue weighted by molar-refractivity contribution is -0.126. The molecule has 1 aliphatic heterocycles. The number of ether oxygens (including phenoxy) is 1. The van der Waals surface area contributed by atoms with E-state index in [4.69, 9.17) is 10.5 Å². The van der Waals surface area contributed by atoms with E-state index in [9.17, 15) is 14.0 Å². The number of carbonyl (C=O) groups excluding carboxylic acids is 2. The topological polar surface area (TPSA) is 93.5 Å². The average molecular weight is 408 g/mol. The summed E-state index contributed by atoms with van der Waals surface area (Å²) in [5.41, 5.74) is 6.77. The number of halogens is 2. The summed E-state index contributed by atoms with van der Waals surface area (Å²) in [6.07, 6.45) is 0.781. The summed E-state index contributed by atoms with van der Waals surface area (Å²) < 4.78 is 19.6. The van der Waals surface area contributed by atoms with Gasteiger partial charge in [0, 0.05) is 12.2 Å². The molecular weight excluding hydrogens is 385 g/mol. The highest BCUT2D eigenvalue weighted by atomic mass is 35.5. The first-order valence-electron chi connectivity index (χ1n) is 8.85. The summed E-state index contributed by atoms with van der Waals surface area (Å²) in [6, 6.07) is 13.2. The third-order valence-electron chi connectivity index (χ3n) is 4.38. The van der Waals surface area contributed by atoms with Gasteiger partial charge in [-0.25, -0.2) is 4.39 Å². The standard InChI is InChI=1S/C20H22FN3O3.ClH/c21-16-8-6-14(23-20(26)18-9-7-15(12-22)27-18)11-17(16)24-19(25)10-13-4-2-1-3-5-13;/h1-6,8,11,15,18H,7,9-10,12,22H2,(H,23,26)(H,24,25);1H/t15-,18+;/m1./s1. The lowest BCUT2D eigenvalue weighted by atomic mass is 10.1. The molecule has 1 aliphatic rings. The number of anilines is 2. The van der Waals surface area contributed by atoms with Gasteiger partial charge in [-0.15, -0.1) is 12.4 Å². The van der Waals surface area contributed by atoms with Crippen LogP contribution < -0.4 is 16.4 Å². The maximum atomic E-state index is 14.0. The molecule has 1 saturated heterocycles. The van der Waals surface area contributed by atoms with Gasteiger partial charge in [-0.1, -0.05) is 30.3 Å². The molecule has 2 aromatic rings. The van der Waals surface area contributed by atoms with E-state index >= 15 is 0 Å². The van der Waals surface area contributed by atoms with E-state index in [1.165, 1.54) is 18.2 Å². The summed E-state index contributed by atoms with van der Waals surface area (Å²) in [6.45, 7) is 0.373. The van der Waals surface area contributed by atoms with E-state index in [-0.39, 0.29) is 42.4 Å². The van der Waals surface area contributed by atoms with Gasteiger partial charge >= 0.3 is 0 Å². The van der Waals surface area contributed by atoms with Gasteiger partial charge in [-0.3, -0.25) is 9.59 Å². The van der Waals surface area contributed by atoms with Gasteiger partial charge in [0.05, 0.1) is 18.2 Å². The van der Waals surface area contributed by atoms with Crippen molar-refractivity contribution in [1.82, 2.24) is 0 Å². The number of rotatable bonds is 6. The zero-order valence-electron chi connectivity index (χ0n) is 15.2. The van der Waals surface area contributed by atoms with E-state index in [0.717, 1.165) is 12.0 Å². The predicted molar refractivity (Wildman–Crippen MR) is 108 cm³/mol. The Kier molecular flexibility index (Phi) is 7.92. The highest BCUT2D eigenvalue weighted by molar-refractivity contribution is 5.96. The van der Waals surface area contributed by atoms with Gasteiger partial charge in [0.25, 0.3) is 5.91 Å². The van der Waals surface area contributed by atoms with Crippen LogP contribution >= 0.6 is 12.4 Å². The molecule has 0 aliphatic carbocycles. The third kappa shape index (κ3) is 5.76. The molecule has 6 nitrogen and oxygen atoms in total. The van der Waals surface area contributed by atoms with Crippen molar-refractivity contribution >= 4 is 35.6 Å². The number of amides is 2. The largest absolute Gasteiger partial charge is 0.364 e. The minimum atomic E-state index is -0.574. The van der Waals surface area contributed by atoms with Gasteiger partial charge in [-0.2, -0.15) is 0 Å². The molecule has 4 N–H and O–H groups in total. The molecule has 3 rings (SSSR count). The molecule has 0 radical (unpaired) electrons. The molecule has 0 saturated carbocycles. The minimum Gasteiger partial charge on any atom is -0.364 e. The number of carbonyl (C=O) groups is 2. The van der Waals surface area contributed by atoms with Crippen LogP contribution in [0, 0.1) is 5.82 Å². The first-order valence-corrected chi connectivity index (χ1v) is 8.85. The average Bonchev–Trinajstić information content (AvgIpc) is 3.14. The van der Waals surface area contributed by atoms with Crippen molar-refractivity contribution in [3.63, 3.8) is 0 Å². The second kappa shape index (κ2) is 10.2. The number of benzene rings is 2. The number of hydrogen-bond donors (Lipinski definition) is 3. The summed E-state index contributed by atoms with van der Waals surface area (Å²) in [7, 11) is 0. The minimum absolute atomic E-state index is 0. The summed E-state index contributed by atoms with van der Waals surface area (Å²) in [5, 5.41) is 5.24. The lowest BCUT2D eigenvalue weighted by Crippen LogP contribution is -2.29. The van der Waals surface area contributed by atoms with Gasteiger partial charge in [0.15, 0.2) is 0 Å². The number of nitrogens with one attached hydrogen (secondary N) is 2. The first kappa shape index (κ1) is 21.8. The summed E-state index contributed by atoms with van der Waals surface area (Å²) in [5.74, 6) is -1.22. The van der Waals surface area contributed by atoms with Crippen molar-refractivity contribution in [2.45, 2.75) is 31.5 Å². The van der Waals surface area contributed by atoms with E-state index in [1.807, 2.05) is 30.3 Å². The third-order valence-corrected chi connectivity index (χ3v) is 4.38. The molecule has 28 heavy (non-hydrogen) atoms. The van der Waals surface area contributed by atoms with Crippen LogP contribution in [0.2, 0.25) is 0 Å². The lowest BCUT2D eigenvalue weighted by Gasteiger charge is -2.14. The first-order chi connectivity index (χ1) is 13.0. The quantitative estimate of drug-likeness (QED) is 0.686. The monoisotopic (exact) mass is 407 g/mol. The van der Waals surface area contributed by atoms with Crippen LogP contribution in [0.5, 0.6) is 0 Å². The fraction of sp³-hybridized carbons (Fsp3) is 0.300. The Bertz CT molecular complexity index is 820. The highest BCUT2D eigenvalue weighted by Gasteiger charge is 2.29. The molecule has 150 valence electrons. The fourth-order valence-corrected chi connectivity index (χ4v) is 2.97. The maximum Gasteiger partial charge on any atom is 0.253 e. The maximum absolute atomic E-state index is 14.0.